The third-order valence-corrected chi connectivity index (χ3v) is 10.0. The van der Waals surface area contributed by atoms with Gasteiger partial charge in [0, 0.05) is 6.42 Å². The molecule has 0 aliphatic heterocycles. The van der Waals surface area contributed by atoms with Crippen molar-refractivity contribution < 1.29 is 24.5 Å². The molecule has 0 radical (unpaired) electrons. The lowest BCUT2D eigenvalue weighted by Crippen LogP contribution is -2.46. The second kappa shape index (κ2) is 41.0. The molecule has 53 heavy (non-hydrogen) atoms. The molecular weight excluding hydrogens is 659 g/mol. The molecule has 0 aliphatic rings. The Kier molecular flexibility index (Phi) is 39.3. The number of aliphatic hydroxyl groups is 2. The number of unbranched alkanes of at least 4 members (excludes halogenated alkanes) is 22. The van der Waals surface area contributed by atoms with E-state index >= 15 is 0 Å². The Morgan fingerprint density at radius 2 is 0.962 bits per heavy atom. The number of hydrogen-bond acceptors (Lipinski definition) is 5. The van der Waals surface area contributed by atoms with Gasteiger partial charge in [0.1, 0.15) is 6.10 Å². The van der Waals surface area contributed by atoms with Crippen LogP contribution in [-0.2, 0) is 14.3 Å². The van der Waals surface area contributed by atoms with Gasteiger partial charge >= 0.3 is 5.97 Å². The van der Waals surface area contributed by atoms with E-state index in [2.05, 4.69) is 74.7 Å². The van der Waals surface area contributed by atoms with Gasteiger partial charge in [-0.15, -0.1) is 0 Å². The first-order valence-electron chi connectivity index (χ1n) is 22.4. The third kappa shape index (κ3) is 36.6. The van der Waals surface area contributed by atoms with E-state index in [-0.39, 0.29) is 24.9 Å². The summed E-state index contributed by atoms with van der Waals surface area (Å²) in [6.07, 6.45) is 47.5. The number of ether oxygens (including phenoxy) is 1. The first-order chi connectivity index (χ1) is 26.0. The van der Waals surface area contributed by atoms with E-state index in [1.54, 1.807) is 0 Å². The molecule has 0 aromatic carbocycles. The van der Waals surface area contributed by atoms with Crippen molar-refractivity contribution in [1.29, 1.82) is 0 Å². The molecule has 0 saturated carbocycles. The van der Waals surface area contributed by atoms with Crippen LogP contribution >= 0.6 is 0 Å². The molecule has 0 saturated heterocycles. The van der Waals surface area contributed by atoms with E-state index in [1.807, 2.05) is 0 Å². The standard InChI is InChI=1S/C47H85NO5/c1-4-7-10-13-16-18-19-20-21-22-23-24-25-26-28-31-34-37-40-47(52)53-43(38-35-32-29-15-12-9-6-3)41-46(51)48-44(42-49)45(50)39-36-33-30-27-17-14-11-8-5-2/h16,18-24,43-45,49-50H,4-15,17,25-42H2,1-3H3,(H,48,51)/b18-16+,20-19+,22-21+,24-23+. The fourth-order valence-corrected chi connectivity index (χ4v) is 6.56. The van der Waals surface area contributed by atoms with E-state index in [0.29, 0.717) is 19.3 Å². The lowest BCUT2D eigenvalue weighted by Gasteiger charge is -2.24. The van der Waals surface area contributed by atoms with Gasteiger partial charge < -0.3 is 20.3 Å². The number of hydrogen-bond donors (Lipinski definition) is 3. The SMILES string of the molecule is CCCCC/C=C/C=C/C=C/C=C/CCCCCCCC(=O)OC(CCCCCCCCC)CC(=O)NC(CO)C(O)CCCCCCCCCCC. The Labute approximate surface area is 327 Å². The van der Waals surface area contributed by atoms with Crippen molar-refractivity contribution in [1.82, 2.24) is 5.32 Å². The molecule has 0 rings (SSSR count). The number of amides is 1. The zero-order valence-electron chi connectivity index (χ0n) is 34.9. The van der Waals surface area contributed by atoms with Crippen molar-refractivity contribution in [3.05, 3.63) is 48.6 Å². The van der Waals surface area contributed by atoms with Crippen molar-refractivity contribution in [3.63, 3.8) is 0 Å². The predicted octanol–water partition coefficient (Wildman–Crippen LogP) is 12.7. The lowest BCUT2D eigenvalue weighted by atomic mass is 10.0. The molecule has 6 heteroatoms. The van der Waals surface area contributed by atoms with E-state index < -0.39 is 18.2 Å². The molecule has 0 aromatic heterocycles. The average molecular weight is 744 g/mol. The van der Waals surface area contributed by atoms with Gasteiger partial charge in [0.05, 0.1) is 25.2 Å². The molecule has 3 N–H and O–H groups in total. The summed E-state index contributed by atoms with van der Waals surface area (Å²) in [6.45, 7) is 6.37. The van der Waals surface area contributed by atoms with Gasteiger partial charge in [-0.25, -0.2) is 0 Å². The molecule has 1 amide bonds. The summed E-state index contributed by atoms with van der Waals surface area (Å²) in [5, 5.41) is 23.5. The fraction of sp³-hybridized carbons (Fsp3) is 0.787. The Morgan fingerprint density at radius 3 is 1.49 bits per heavy atom. The quantitative estimate of drug-likeness (QED) is 0.0331. The molecule has 0 heterocycles. The molecule has 3 unspecified atom stereocenters. The fourth-order valence-electron chi connectivity index (χ4n) is 6.56. The van der Waals surface area contributed by atoms with Crippen LogP contribution in [0.5, 0.6) is 0 Å². The zero-order valence-corrected chi connectivity index (χ0v) is 34.9. The highest BCUT2D eigenvalue weighted by Gasteiger charge is 2.24. The largest absolute Gasteiger partial charge is 0.462 e. The number of carbonyl (C=O) groups excluding carboxylic acids is 2. The normalized spacial score (nSPS) is 13.8. The van der Waals surface area contributed by atoms with Crippen LogP contribution in [0.4, 0.5) is 0 Å². The van der Waals surface area contributed by atoms with Crippen LogP contribution in [0, 0.1) is 0 Å². The number of aliphatic hydroxyl groups excluding tert-OH is 2. The second-order valence-corrected chi connectivity index (χ2v) is 15.2. The number of rotatable bonds is 39. The maximum Gasteiger partial charge on any atom is 0.306 e. The Bertz CT molecular complexity index is 926. The van der Waals surface area contributed by atoms with E-state index in [4.69, 9.17) is 4.74 Å². The monoisotopic (exact) mass is 744 g/mol. The average Bonchev–Trinajstić information content (AvgIpc) is 3.15. The van der Waals surface area contributed by atoms with Crippen LogP contribution in [0.25, 0.3) is 0 Å². The summed E-state index contributed by atoms with van der Waals surface area (Å²) in [5.41, 5.74) is 0. The van der Waals surface area contributed by atoms with Crippen LogP contribution in [-0.4, -0.2) is 46.9 Å². The van der Waals surface area contributed by atoms with Crippen molar-refractivity contribution in [2.24, 2.45) is 0 Å². The summed E-state index contributed by atoms with van der Waals surface area (Å²) in [6, 6.07) is -0.701. The molecule has 308 valence electrons. The Hall–Kier alpha value is -2.18. The predicted molar refractivity (Wildman–Crippen MR) is 227 cm³/mol. The number of carbonyl (C=O) groups is 2. The lowest BCUT2D eigenvalue weighted by molar-refractivity contribution is -0.151. The minimum absolute atomic E-state index is 0.0675. The number of esters is 1. The molecule has 0 aliphatic carbocycles. The summed E-state index contributed by atoms with van der Waals surface area (Å²) in [7, 11) is 0. The number of nitrogens with one attached hydrogen (secondary N) is 1. The second-order valence-electron chi connectivity index (χ2n) is 15.2. The Morgan fingerprint density at radius 1 is 0.547 bits per heavy atom. The first kappa shape index (κ1) is 50.8. The van der Waals surface area contributed by atoms with Crippen LogP contribution in [0.2, 0.25) is 0 Å². The van der Waals surface area contributed by atoms with Gasteiger partial charge in [-0.1, -0.05) is 198 Å². The molecule has 3 atom stereocenters. The van der Waals surface area contributed by atoms with E-state index in [1.165, 1.54) is 83.5 Å². The van der Waals surface area contributed by atoms with Gasteiger partial charge in [-0.3, -0.25) is 9.59 Å². The van der Waals surface area contributed by atoms with Gasteiger partial charge in [0.15, 0.2) is 0 Å². The van der Waals surface area contributed by atoms with Crippen molar-refractivity contribution in [2.75, 3.05) is 6.61 Å². The van der Waals surface area contributed by atoms with Crippen molar-refractivity contribution in [2.45, 2.75) is 232 Å². The molecule has 0 aromatic rings. The highest BCUT2D eigenvalue weighted by atomic mass is 16.5. The summed E-state index contributed by atoms with van der Waals surface area (Å²) in [4.78, 5) is 25.8. The smallest absolute Gasteiger partial charge is 0.306 e. The highest BCUT2D eigenvalue weighted by Crippen LogP contribution is 2.17. The van der Waals surface area contributed by atoms with E-state index in [9.17, 15) is 19.8 Å². The highest BCUT2D eigenvalue weighted by molar-refractivity contribution is 5.77. The molecule has 0 bridgehead atoms. The molecule has 0 fully saturated rings. The topological polar surface area (TPSA) is 95.9 Å². The van der Waals surface area contributed by atoms with Gasteiger partial charge in [-0.05, 0) is 51.4 Å². The third-order valence-electron chi connectivity index (χ3n) is 10.0. The van der Waals surface area contributed by atoms with Gasteiger partial charge in [0.25, 0.3) is 0 Å². The maximum atomic E-state index is 13.0. The summed E-state index contributed by atoms with van der Waals surface area (Å²) in [5.74, 6) is -0.507. The van der Waals surface area contributed by atoms with E-state index in [0.717, 1.165) is 83.5 Å². The summed E-state index contributed by atoms with van der Waals surface area (Å²) >= 11 is 0. The van der Waals surface area contributed by atoms with Crippen LogP contribution in [0.3, 0.4) is 0 Å². The first-order valence-corrected chi connectivity index (χ1v) is 22.4. The zero-order chi connectivity index (χ0) is 38.9. The summed E-state index contributed by atoms with van der Waals surface area (Å²) < 4.78 is 5.86. The number of allylic oxidation sites excluding steroid dienone is 8. The van der Waals surface area contributed by atoms with Crippen LogP contribution in [0.15, 0.2) is 48.6 Å². The van der Waals surface area contributed by atoms with Gasteiger partial charge in [0.2, 0.25) is 5.91 Å². The minimum Gasteiger partial charge on any atom is -0.462 e. The Balaban J connectivity index is 4.48. The van der Waals surface area contributed by atoms with Crippen LogP contribution < -0.4 is 5.32 Å². The minimum atomic E-state index is -0.787. The molecular formula is C47H85NO5. The van der Waals surface area contributed by atoms with Crippen LogP contribution in [0.1, 0.15) is 213 Å². The van der Waals surface area contributed by atoms with Crippen molar-refractivity contribution >= 4 is 11.9 Å². The van der Waals surface area contributed by atoms with Crippen molar-refractivity contribution in [3.8, 4) is 0 Å². The maximum absolute atomic E-state index is 13.0. The molecule has 0 spiro atoms. The van der Waals surface area contributed by atoms with Gasteiger partial charge in [-0.2, -0.15) is 0 Å². The molecule has 6 nitrogen and oxygen atoms in total.